The second-order valence-corrected chi connectivity index (χ2v) is 6.89. The van der Waals surface area contributed by atoms with Crippen LogP contribution in [0.2, 0.25) is 0 Å². The first kappa shape index (κ1) is 24.0. The van der Waals surface area contributed by atoms with Gasteiger partial charge in [-0.3, -0.25) is 4.99 Å². The van der Waals surface area contributed by atoms with Crippen LogP contribution in [0.25, 0.3) is 0 Å². The maximum Gasteiger partial charge on any atom is 0.391 e. The molecule has 1 heterocycles. The Morgan fingerprint density at radius 1 is 1.26 bits per heavy atom. The number of nitrogens with zero attached hydrogens (tertiary/aromatic N) is 2. The van der Waals surface area contributed by atoms with Crippen molar-refractivity contribution in [3.8, 4) is 0 Å². The molecule has 2 rings (SSSR count). The summed E-state index contributed by atoms with van der Waals surface area (Å²) in [6.07, 6.45) is -0.737. The summed E-state index contributed by atoms with van der Waals surface area (Å²) in [5, 5.41) is 10.5. The Labute approximate surface area is 176 Å². The molecule has 0 bridgehead atoms. The maximum absolute atomic E-state index is 12.7. The maximum atomic E-state index is 12.7. The Bertz CT molecular complexity index is 579. The van der Waals surface area contributed by atoms with Gasteiger partial charge >= 0.3 is 6.18 Å². The molecule has 0 atom stereocenters. The van der Waals surface area contributed by atoms with Gasteiger partial charge in [-0.05, 0) is 38.5 Å². The van der Waals surface area contributed by atoms with Crippen molar-refractivity contribution in [3.63, 3.8) is 0 Å². The van der Waals surface area contributed by atoms with Gasteiger partial charge in [-0.1, -0.05) is 19.0 Å². The normalized spacial score (nSPS) is 21.1. The summed E-state index contributed by atoms with van der Waals surface area (Å²) in [4.78, 5) is 4.15. The van der Waals surface area contributed by atoms with Gasteiger partial charge in [-0.25, -0.2) is 0 Å². The van der Waals surface area contributed by atoms with Crippen LogP contribution in [0.15, 0.2) is 15.6 Å². The Morgan fingerprint density at radius 3 is 2.41 bits per heavy atom. The van der Waals surface area contributed by atoms with E-state index in [0.717, 1.165) is 24.3 Å². The second kappa shape index (κ2) is 11.1. The number of hydrogen-bond acceptors (Lipinski definition) is 3. The zero-order chi connectivity index (χ0) is 19.2. The Kier molecular flexibility index (Phi) is 9.89. The molecular formula is C18H30F3IN4O. The lowest BCUT2D eigenvalue weighted by Gasteiger charge is -2.31. The van der Waals surface area contributed by atoms with Crippen LogP contribution in [0.5, 0.6) is 0 Å². The number of hydrogen-bond donors (Lipinski definition) is 2. The minimum absolute atomic E-state index is 0. The quantitative estimate of drug-likeness (QED) is 0.327. The lowest BCUT2D eigenvalue weighted by Crippen LogP contribution is -2.45. The largest absolute Gasteiger partial charge is 0.391 e. The highest BCUT2D eigenvalue weighted by molar-refractivity contribution is 14.0. The molecule has 0 aliphatic heterocycles. The molecule has 0 radical (unpaired) electrons. The van der Waals surface area contributed by atoms with E-state index in [2.05, 4.69) is 34.6 Å². The van der Waals surface area contributed by atoms with E-state index >= 15 is 0 Å². The van der Waals surface area contributed by atoms with Crippen molar-refractivity contribution < 1.29 is 17.7 Å². The van der Waals surface area contributed by atoms with Gasteiger partial charge in [0.05, 0.1) is 18.2 Å². The summed E-state index contributed by atoms with van der Waals surface area (Å²) < 4.78 is 43.6. The van der Waals surface area contributed by atoms with Gasteiger partial charge in [0.1, 0.15) is 0 Å². The number of aromatic nitrogens is 1. The first-order valence-corrected chi connectivity index (χ1v) is 9.36. The van der Waals surface area contributed by atoms with Crippen molar-refractivity contribution in [2.75, 3.05) is 7.05 Å². The minimum Gasteiger partial charge on any atom is -0.359 e. The molecule has 1 aromatic heterocycles. The fraction of sp³-hybridized carbons (Fsp3) is 0.778. The molecule has 0 unspecified atom stereocenters. The monoisotopic (exact) mass is 502 g/mol. The van der Waals surface area contributed by atoms with E-state index in [1.54, 1.807) is 7.05 Å². The molecule has 1 saturated carbocycles. The molecule has 9 heteroatoms. The third kappa shape index (κ3) is 7.15. The van der Waals surface area contributed by atoms with Crippen molar-refractivity contribution >= 4 is 29.9 Å². The third-order valence-electron chi connectivity index (χ3n) is 5.17. The fourth-order valence-corrected chi connectivity index (χ4v) is 3.44. The van der Waals surface area contributed by atoms with E-state index in [1.165, 1.54) is 0 Å². The smallest absolute Gasteiger partial charge is 0.359 e. The van der Waals surface area contributed by atoms with E-state index < -0.39 is 12.1 Å². The van der Waals surface area contributed by atoms with E-state index in [1.807, 2.05) is 6.07 Å². The zero-order valence-electron chi connectivity index (χ0n) is 16.1. The van der Waals surface area contributed by atoms with E-state index in [0.29, 0.717) is 31.3 Å². The number of guanidine groups is 1. The molecule has 0 amide bonds. The first-order chi connectivity index (χ1) is 12.4. The molecule has 0 saturated heterocycles. The standard InChI is InChI=1S/C18H29F3N4O.HI/c1-4-12(5-2)16-10-15(26-25-16)11-23-17(22-3)24-14-8-6-13(7-9-14)18(19,20)21;/h10,12-14H,4-9,11H2,1-3H3,(H2,22,23,24);1H. The summed E-state index contributed by atoms with van der Waals surface area (Å²) in [6, 6.07) is 1.96. The highest BCUT2D eigenvalue weighted by atomic mass is 127. The van der Waals surface area contributed by atoms with Gasteiger partial charge in [0.2, 0.25) is 0 Å². The Hall–Kier alpha value is -1.00. The third-order valence-corrected chi connectivity index (χ3v) is 5.17. The fourth-order valence-electron chi connectivity index (χ4n) is 3.44. The van der Waals surface area contributed by atoms with Gasteiger partial charge in [0, 0.05) is 25.1 Å². The van der Waals surface area contributed by atoms with Crippen molar-refractivity contribution in [2.45, 2.75) is 77.1 Å². The summed E-state index contributed by atoms with van der Waals surface area (Å²) in [7, 11) is 1.65. The minimum atomic E-state index is -4.08. The number of rotatable bonds is 6. The molecule has 1 aromatic rings. The van der Waals surface area contributed by atoms with Gasteiger partial charge in [-0.15, -0.1) is 24.0 Å². The van der Waals surface area contributed by atoms with Crippen LogP contribution in [0.1, 0.15) is 69.7 Å². The molecule has 0 aromatic carbocycles. The molecule has 1 aliphatic rings. The highest BCUT2D eigenvalue weighted by Crippen LogP contribution is 2.37. The van der Waals surface area contributed by atoms with Crippen LogP contribution < -0.4 is 10.6 Å². The Balaban J connectivity index is 0.00000364. The topological polar surface area (TPSA) is 62.5 Å². The lowest BCUT2D eigenvalue weighted by molar-refractivity contribution is -0.182. The van der Waals surface area contributed by atoms with Crippen molar-refractivity contribution in [2.24, 2.45) is 10.9 Å². The van der Waals surface area contributed by atoms with Gasteiger partial charge in [-0.2, -0.15) is 13.2 Å². The van der Waals surface area contributed by atoms with Gasteiger partial charge < -0.3 is 15.2 Å². The van der Waals surface area contributed by atoms with Crippen LogP contribution >= 0.6 is 24.0 Å². The first-order valence-electron chi connectivity index (χ1n) is 9.36. The predicted molar refractivity (Wildman–Crippen MR) is 110 cm³/mol. The summed E-state index contributed by atoms with van der Waals surface area (Å²) in [5.41, 5.74) is 0.959. The summed E-state index contributed by atoms with van der Waals surface area (Å²) in [5.74, 6) is 0.513. The van der Waals surface area contributed by atoms with E-state index in [9.17, 15) is 13.2 Å². The van der Waals surface area contributed by atoms with Crippen LogP contribution in [0.3, 0.4) is 0 Å². The SMILES string of the molecule is CCC(CC)c1cc(CNC(=NC)NC2CCC(C(F)(F)F)CC2)on1.I. The lowest BCUT2D eigenvalue weighted by atomic mass is 9.85. The predicted octanol–water partition coefficient (Wildman–Crippen LogP) is 4.98. The van der Waals surface area contributed by atoms with E-state index in [4.69, 9.17) is 4.52 Å². The van der Waals surface area contributed by atoms with Gasteiger partial charge in [0.25, 0.3) is 0 Å². The van der Waals surface area contributed by atoms with Crippen molar-refractivity contribution in [1.82, 2.24) is 15.8 Å². The zero-order valence-corrected chi connectivity index (χ0v) is 18.4. The molecule has 1 aliphatic carbocycles. The van der Waals surface area contributed by atoms with Crippen molar-refractivity contribution in [3.05, 3.63) is 17.5 Å². The molecule has 156 valence electrons. The molecule has 5 nitrogen and oxygen atoms in total. The van der Waals surface area contributed by atoms with Crippen LogP contribution in [0, 0.1) is 5.92 Å². The summed E-state index contributed by atoms with van der Waals surface area (Å²) in [6.45, 7) is 4.69. The number of nitrogens with one attached hydrogen (secondary N) is 2. The van der Waals surface area contributed by atoms with Crippen LogP contribution in [-0.2, 0) is 6.54 Å². The average molecular weight is 502 g/mol. The number of aliphatic imine (C=N–C) groups is 1. The molecule has 1 fully saturated rings. The molecule has 0 spiro atoms. The average Bonchev–Trinajstić information content (AvgIpc) is 3.08. The summed E-state index contributed by atoms with van der Waals surface area (Å²) >= 11 is 0. The number of halogens is 4. The van der Waals surface area contributed by atoms with Crippen LogP contribution in [0.4, 0.5) is 13.2 Å². The number of alkyl halides is 3. The molecule has 27 heavy (non-hydrogen) atoms. The molecular weight excluding hydrogens is 472 g/mol. The Morgan fingerprint density at radius 2 is 1.89 bits per heavy atom. The van der Waals surface area contributed by atoms with Crippen LogP contribution in [-0.4, -0.2) is 30.4 Å². The van der Waals surface area contributed by atoms with Gasteiger partial charge in [0.15, 0.2) is 11.7 Å². The molecule has 2 N–H and O–H groups in total. The highest BCUT2D eigenvalue weighted by Gasteiger charge is 2.41. The van der Waals surface area contributed by atoms with Crippen molar-refractivity contribution in [1.29, 1.82) is 0 Å². The van der Waals surface area contributed by atoms with E-state index in [-0.39, 0.29) is 42.9 Å². The second-order valence-electron chi connectivity index (χ2n) is 6.89.